The van der Waals surface area contributed by atoms with Crippen molar-refractivity contribution in [2.24, 2.45) is 0 Å². The lowest BCUT2D eigenvalue weighted by molar-refractivity contribution is 0.0783. The van der Waals surface area contributed by atoms with Gasteiger partial charge in [0.05, 0.1) is 18.7 Å². The zero-order valence-corrected chi connectivity index (χ0v) is 27.4. The van der Waals surface area contributed by atoms with Crippen molar-refractivity contribution in [3.8, 4) is 22.5 Å². The molecular weight excluding hydrogens is 623 g/mol. The Bertz CT molecular complexity index is 1970. The number of anilines is 3. The highest BCUT2D eigenvalue weighted by atomic mass is 19.1. The van der Waals surface area contributed by atoms with Gasteiger partial charge in [-0.3, -0.25) is 9.78 Å². The predicted molar refractivity (Wildman–Crippen MR) is 188 cm³/mol. The summed E-state index contributed by atoms with van der Waals surface area (Å²) in [6, 6.07) is 20.9. The fraction of sp³-hybridized carbons (Fsp3) is 0.270. The molecule has 3 aromatic carbocycles. The van der Waals surface area contributed by atoms with Gasteiger partial charge < -0.3 is 30.1 Å². The first-order chi connectivity index (χ1) is 23.8. The number of aromatic nitrogens is 3. The van der Waals surface area contributed by atoms with Gasteiger partial charge in [-0.25, -0.2) is 19.2 Å². The average Bonchev–Trinajstić information content (AvgIpc) is 3.63. The van der Waals surface area contributed by atoms with Crippen LogP contribution in [0.1, 0.15) is 16.8 Å². The molecule has 1 atom stereocenters. The highest BCUT2D eigenvalue weighted by Crippen LogP contribution is 2.33. The quantitative estimate of drug-likeness (QED) is 0.227. The minimum absolute atomic E-state index is 0.00556. The molecule has 0 unspecified atom stereocenters. The topological polar surface area (TPSA) is 116 Å². The van der Waals surface area contributed by atoms with E-state index in [1.54, 1.807) is 60.9 Å². The SMILES string of the molecule is CN(C)[C@@H]1CCN(C(=O)c2ccc(NC(=O)Nc3ccc(-c4nc(N5CCOCC5)c5cc(F)c(-c6cccnc6)cc5n4)cc3)cc2)C1. The number of carbonyl (C=O) groups is 2. The Hall–Kier alpha value is -5.46. The summed E-state index contributed by atoms with van der Waals surface area (Å²) in [5.74, 6) is 0.751. The smallest absolute Gasteiger partial charge is 0.323 e. The Morgan fingerprint density at radius 3 is 2.27 bits per heavy atom. The lowest BCUT2D eigenvalue weighted by atomic mass is 10.0. The molecular formula is C37H37FN8O3. The van der Waals surface area contributed by atoms with E-state index < -0.39 is 6.03 Å². The Morgan fingerprint density at radius 2 is 1.61 bits per heavy atom. The van der Waals surface area contributed by atoms with E-state index >= 15 is 4.39 Å². The first-order valence-corrected chi connectivity index (χ1v) is 16.3. The van der Waals surface area contributed by atoms with E-state index in [1.165, 1.54) is 6.07 Å². The zero-order chi connectivity index (χ0) is 33.9. The van der Waals surface area contributed by atoms with E-state index in [-0.39, 0.29) is 11.7 Å². The monoisotopic (exact) mass is 660 g/mol. The van der Waals surface area contributed by atoms with Crippen molar-refractivity contribution >= 4 is 40.0 Å². The molecule has 250 valence electrons. The maximum absolute atomic E-state index is 15.4. The van der Waals surface area contributed by atoms with Crippen LogP contribution in [0, 0.1) is 5.82 Å². The number of nitrogens with one attached hydrogen (secondary N) is 2. The highest BCUT2D eigenvalue weighted by Gasteiger charge is 2.28. The Morgan fingerprint density at radius 1 is 0.898 bits per heavy atom. The molecule has 3 amide bonds. The van der Waals surface area contributed by atoms with Crippen LogP contribution >= 0.6 is 0 Å². The molecule has 11 nitrogen and oxygen atoms in total. The molecule has 0 bridgehead atoms. The third-order valence-electron chi connectivity index (χ3n) is 9.02. The summed E-state index contributed by atoms with van der Waals surface area (Å²) in [6.45, 7) is 3.81. The van der Waals surface area contributed by atoms with Crippen molar-refractivity contribution < 1.29 is 18.7 Å². The minimum atomic E-state index is -0.415. The fourth-order valence-electron chi connectivity index (χ4n) is 6.24. The van der Waals surface area contributed by atoms with Crippen LogP contribution < -0.4 is 15.5 Å². The van der Waals surface area contributed by atoms with E-state index in [9.17, 15) is 9.59 Å². The van der Waals surface area contributed by atoms with E-state index in [4.69, 9.17) is 14.7 Å². The number of morpholine rings is 1. The zero-order valence-electron chi connectivity index (χ0n) is 27.4. The number of amides is 3. The number of likely N-dealkylation sites (N-methyl/N-ethyl adjacent to an activating group) is 1. The molecule has 2 fully saturated rings. The molecule has 2 N–H and O–H groups in total. The van der Waals surface area contributed by atoms with Gasteiger partial charge >= 0.3 is 6.03 Å². The Kier molecular flexibility index (Phi) is 9.14. The highest BCUT2D eigenvalue weighted by molar-refractivity contribution is 6.01. The lowest BCUT2D eigenvalue weighted by Crippen LogP contribution is -2.37. The Labute approximate surface area is 283 Å². The van der Waals surface area contributed by atoms with Crippen molar-refractivity contribution in [2.75, 3.05) is 69.0 Å². The summed E-state index contributed by atoms with van der Waals surface area (Å²) in [4.78, 5) is 45.8. The maximum atomic E-state index is 15.4. The number of ether oxygens (including phenoxy) is 1. The maximum Gasteiger partial charge on any atom is 0.323 e. The molecule has 0 radical (unpaired) electrons. The number of hydrogen-bond donors (Lipinski definition) is 2. The number of halogens is 1. The van der Waals surface area contributed by atoms with Crippen molar-refractivity contribution in [2.45, 2.75) is 12.5 Å². The largest absolute Gasteiger partial charge is 0.378 e. The van der Waals surface area contributed by atoms with E-state index in [2.05, 4.69) is 25.4 Å². The van der Waals surface area contributed by atoms with Crippen molar-refractivity contribution in [3.05, 3.63) is 96.6 Å². The first kappa shape index (κ1) is 32.1. The first-order valence-electron chi connectivity index (χ1n) is 16.3. The lowest BCUT2D eigenvalue weighted by Gasteiger charge is -2.29. The molecule has 2 saturated heterocycles. The van der Waals surface area contributed by atoms with E-state index in [0.717, 1.165) is 18.5 Å². The molecule has 2 aliphatic rings. The number of pyridine rings is 1. The van der Waals surface area contributed by atoms with Gasteiger partial charge in [-0.15, -0.1) is 0 Å². The van der Waals surface area contributed by atoms with Gasteiger partial charge in [0, 0.05) is 83.6 Å². The molecule has 0 saturated carbocycles. The van der Waals surface area contributed by atoms with E-state index in [0.29, 0.717) is 89.5 Å². The summed E-state index contributed by atoms with van der Waals surface area (Å²) in [7, 11) is 4.06. The van der Waals surface area contributed by atoms with Crippen LogP contribution in [-0.2, 0) is 4.74 Å². The molecule has 0 spiro atoms. The van der Waals surface area contributed by atoms with Crippen LogP contribution in [-0.4, -0.2) is 96.2 Å². The molecule has 5 aromatic rings. The second kappa shape index (κ2) is 14.0. The van der Waals surface area contributed by atoms with E-state index in [1.807, 2.05) is 37.2 Å². The molecule has 2 aromatic heterocycles. The Balaban J connectivity index is 1.07. The number of carbonyl (C=O) groups excluding carboxylic acids is 2. The van der Waals surface area contributed by atoms with Gasteiger partial charge in [0.2, 0.25) is 0 Å². The normalized spacial score (nSPS) is 16.3. The van der Waals surface area contributed by atoms with Crippen LogP contribution in [0.2, 0.25) is 0 Å². The molecule has 12 heteroatoms. The van der Waals surface area contributed by atoms with Gasteiger partial charge in [0.15, 0.2) is 5.82 Å². The molecule has 0 aliphatic carbocycles. The number of rotatable bonds is 7. The van der Waals surface area contributed by atoms with Crippen molar-refractivity contribution in [1.82, 2.24) is 24.8 Å². The predicted octanol–water partition coefficient (Wildman–Crippen LogP) is 5.75. The van der Waals surface area contributed by atoms with Crippen LogP contribution in [0.3, 0.4) is 0 Å². The summed E-state index contributed by atoms with van der Waals surface area (Å²) >= 11 is 0. The van der Waals surface area contributed by atoms with Crippen LogP contribution in [0.4, 0.5) is 26.4 Å². The van der Waals surface area contributed by atoms with Gasteiger partial charge in [-0.05, 0) is 87.2 Å². The number of fused-ring (bicyclic) bond motifs is 1. The molecule has 49 heavy (non-hydrogen) atoms. The third-order valence-corrected chi connectivity index (χ3v) is 9.02. The standard InChI is InChI=1S/C37H37FN8O3/c1-44(2)29-13-15-46(23-29)36(47)25-7-11-28(12-8-25)41-37(48)40-27-9-5-24(6-10-27)34-42-33-21-30(26-4-3-14-39-22-26)32(38)20-31(33)35(43-34)45-16-18-49-19-17-45/h3-12,14,20-22,29H,13,15-19,23H2,1-2H3,(H2,40,41,48)/t29-/m1/s1. The molecule has 7 rings (SSSR count). The number of nitrogens with zero attached hydrogens (tertiary/aromatic N) is 6. The van der Waals surface area contributed by atoms with Gasteiger partial charge in [0.1, 0.15) is 11.6 Å². The summed E-state index contributed by atoms with van der Waals surface area (Å²) in [6.07, 6.45) is 4.24. The van der Waals surface area contributed by atoms with Gasteiger partial charge in [-0.1, -0.05) is 6.07 Å². The van der Waals surface area contributed by atoms with Crippen LogP contribution in [0.25, 0.3) is 33.4 Å². The second-order valence-corrected chi connectivity index (χ2v) is 12.5. The van der Waals surface area contributed by atoms with Crippen LogP contribution in [0.5, 0.6) is 0 Å². The van der Waals surface area contributed by atoms with Crippen LogP contribution in [0.15, 0.2) is 85.2 Å². The summed E-state index contributed by atoms with van der Waals surface area (Å²) < 4.78 is 21.0. The van der Waals surface area contributed by atoms with Gasteiger partial charge in [-0.2, -0.15) is 0 Å². The minimum Gasteiger partial charge on any atom is -0.378 e. The second-order valence-electron chi connectivity index (χ2n) is 12.5. The molecule has 4 heterocycles. The fourth-order valence-corrected chi connectivity index (χ4v) is 6.24. The number of urea groups is 1. The molecule has 2 aliphatic heterocycles. The van der Waals surface area contributed by atoms with Crippen molar-refractivity contribution in [1.29, 1.82) is 0 Å². The van der Waals surface area contributed by atoms with Crippen molar-refractivity contribution in [3.63, 3.8) is 0 Å². The third kappa shape index (κ3) is 7.06. The number of hydrogen-bond acceptors (Lipinski definition) is 8. The number of benzene rings is 3. The summed E-state index contributed by atoms with van der Waals surface area (Å²) in [5.41, 5.74) is 4.16. The van der Waals surface area contributed by atoms with Gasteiger partial charge in [0.25, 0.3) is 5.91 Å². The summed E-state index contributed by atoms with van der Waals surface area (Å²) in [5, 5.41) is 6.30. The number of likely N-dealkylation sites (tertiary alicyclic amines) is 1. The average molecular weight is 661 g/mol.